The van der Waals surface area contributed by atoms with E-state index in [0.717, 1.165) is 18.9 Å². The first kappa shape index (κ1) is 20.6. The van der Waals surface area contributed by atoms with E-state index in [0.29, 0.717) is 25.7 Å². The van der Waals surface area contributed by atoms with Gasteiger partial charge in [-0.25, -0.2) is 13.6 Å². The highest BCUT2D eigenvalue weighted by molar-refractivity contribution is 5.86. The van der Waals surface area contributed by atoms with Crippen molar-refractivity contribution < 1.29 is 23.4 Å². The number of hydrogen-bond acceptors (Lipinski definition) is 5. The molecule has 1 aliphatic carbocycles. The van der Waals surface area contributed by atoms with Crippen molar-refractivity contribution in [3.05, 3.63) is 34.1 Å². The van der Waals surface area contributed by atoms with E-state index in [4.69, 9.17) is 5.11 Å². The number of carboxylic acid groups (broad SMARTS) is 1. The molecule has 7 nitrogen and oxygen atoms in total. The van der Waals surface area contributed by atoms with Gasteiger partial charge in [0.2, 0.25) is 5.43 Å². The second-order valence-corrected chi connectivity index (χ2v) is 8.37. The molecule has 1 aliphatic heterocycles. The molecule has 2 fully saturated rings. The number of fused-ring (bicyclic) bond motifs is 1. The van der Waals surface area contributed by atoms with Crippen molar-refractivity contribution in [2.45, 2.75) is 51.7 Å². The van der Waals surface area contributed by atoms with Gasteiger partial charge in [-0.2, -0.15) is 0 Å². The van der Waals surface area contributed by atoms with Gasteiger partial charge in [-0.15, -0.1) is 0 Å². The molecule has 1 saturated heterocycles. The lowest BCUT2D eigenvalue weighted by Gasteiger charge is -2.43. The Morgan fingerprint density at radius 3 is 2.53 bits per heavy atom. The molecule has 30 heavy (non-hydrogen) atoms. The minimum atomic E-state index is -1.65. The van der Waals surface area contributed by atoms with Crippen molar-refractivity contribution in [3.63, 3.8) is 0 Å². The van der Waals surface area contributed by atoms with E-state index in [9.17, 15) is 9.59 Å². The highest BCUT2D eigenvalue weighted by Gasteiger charge is 2.33. The van der Waals surface area contributed by atoms with E-state index in [-0.39, 0.29) is 28.7 Å². The van der Waals surface area contributed by atoms with E-state index in [1.807, 2.05) is 6.92 Å². The Kier molecular flexibility index (Phi) is 5.17. The van der Waals surface area contributed by atoms with Crippen molar-refractivity contribution in [2.24, 2.45) is 0 Å². The number of hydrogen-bond donors (Lipinski definition) is 1. The fourth-order valence-corrected chi connectivity index (χ4v) is 4.45. The second-order valence-electron chi connectivity index (χ2n) is 8.37. The number of benzene rings is 1. The van der Waals surface area contributed by atoms with Crippen LogP contribution in [0.2, 0.25) is 0 Å². The summed E-state index contributed by atoms with van der Waals surface area (Å²) in [4.78, 5) is 27.6. The zero-order valence-electron chi connectivity index (χ0n) is 17.2. The molecule has 162 valence electrons. The van der Waals surface area contributed by atoms with Crippen LogP contribution in [0.4, 0.5) is 19.3 Å². The molecule has 1 atom stereocenters. The maximum atomic E-state index is 15.7. The number of anilines is 1. The summed E-state index contributed by atoms with van der Waals surface area (Å²) >= 11 is 0. The molecule has 4 rings (SSSR count). The zero-order valence-corrected chi connectivity index (χ0v) is 17.2. The van der Waals surface area contributed by atoms with Gasteiger partial charge in [0.1, 0.15) is 11.5 Å². The van der Waals surface area contributed by atoms with Crippen molar-refractivity contribution in [3.8, 4) is 5.75 Å². The third kappa shape index (κ3) is 3.51. The summed E-state index contributed by atoms with van der Waals surface area (Å²) in [5, 5.41) is 8.67. The molecule has 9 heteroatoms. The van der Waals surface area contributed by atoms with Gasteiger partial charge in [-0.3, -0.25) is 9.69 Å². The lowest BCUT2D eigenvalue weighted by atomic mass is 10.1. The van der Waals surface area contributed by atoms with Gasteiger partial charge >= 0.3 is 6.16 Å². The topological polar surface area (TPSA) is 75.0 Å². The second kappa shape index (κ2) is 7.54. The summed E-state index contributed by atoms with van der Waals surface area (Å²) in [6.07, 6.45) is 1.10. The molecular formula is C21H25F2N3O4. The van der Waals surface area contributed by atoms with E-state index in [2.05, 4.69) is 23.5 Å². The van der Waals surface area contributed by atoms with Crippen LogP contribution in [-0.2, 0) is 0 Å². The molecule has 0 spiro atoms. The van der Waals surface area contributed by atoms with Crippen LogP contribution in [0.15, 0.2) is 17.1 Å². The molecule has 2 heterocycles. The lowest BCUT2D eigenvalue weighted by Crippen LogP contribution is -2.54. The molecule has 0 radical (unpaired) electrons. The Balaban J connectivity index is 1.85. The van der Waals surface area contributed by atoms with Gasteiger partial charge < -0.3 is 19.3 Å². The number of piperazine rings is 1. The van der Waals surface area contributed by atoms with Gasteiger partial charge in [0, 0.05) is 37.8 Å². The Morgan fingerprint density at radius 2 is 1.97 bits per heavy atom. The summed E-state index contributed by atoms with van der Waals surface area (Å²) < 4.78 is 36.9. The maximum Gasteiger partial charge on any atom is 0.511 e. The molecule has 0 amide bonds. The van der Waals surface area contributed by atoms with Crippen LogP contribution in [0.1, 0.15) is 39.7 Å². The van der Waals surface area contributed by atoms with Gasteiger partial charge in [-0.05, 0) is 39.7 Å². The minimum absolute atomic E-state index is 0.00409. The summed E-state index contributed by atoms with van der Waals surface area (Å²) in [6, 6.07) is 1.38. The Labute approximate surface area is 172 Å². The third-order valence-corrected chi connectivity index (χ3v) is 5.95. The molecule has 1 N–H and O–H groups in total. The van der Waals surface area contributed by atoms with Crippen LogP contribution in [0.25, 0.3) is 10.9 Å². The first-order chi connectivity index (χ1) is 14.2. The molecule has 1 aromatic carbocycles. The maximum absolute atomic E-state index is 15.7. The summed E-state index contributed by atoms with van der Waals surface area (Å²) in [6.45, 7) is 7.82. The summed E-state index contributed by atoms with van der Waals surface area (Å²) in [5.74, 6) is -2.08. The lowest BCUT2D eigenvalue weighted by molar-refractivity contribution is 0.143. The van der Waals surface area contributed by atoms with Crippen LogP contribution in [0, 0.1) is 11.6 Å². The molecular weight excluding hydrogens is 396 g/mol. The van der Waals surface area contributed by atoms with E-state index < -0.39 is 29.0 Å². The molecule has 0 bridgehead atoms. The predicted molar refractivity (Wildman–Crippen MR) is 109 cm³/mol. The summed E-state index contributed by atoms with van der Waals surface area (Å²) in [5.41, 5.74) is -0.985. The third-order valence-electron chi connectivity index (χ3n) is 5.95. The number of nitrogens with zero attached hydrogens (tertiary/aromatic N) is 3. The highest BCUT2D eigenvalue weighted by Crippen LogP contribution is 2.40. The van der Waals surface area contributed by atoms with Gasteiger partial charge in [0.05, 0.1) is 17.1 Å². The molecule has 1 unspecified atom stereocenters. The Morgan fingerprint density at radius 1 is 1.27 bits per heavy atom. The monoisotopic (exact) mass is 421 g/mol. The fourth-order valence-electron chi connectivity index (χ4n) is 4.45. The number of halogens is 2. The Hall–Kier alpha value is -2.68. The first-order valence-corrected chi connectivity index (χ1v) is 10.2. The standard InChI is InChI=1S/C21H25F2N3O4/c1-11(2)25-7-6-24(9-12(25)3)19-15(22)8-14-18(17(19)23)26(13-4-5-13)10-16(20(14)27)30-21(28)29/h8,10-13H,4-7,9H2,1-3H3,(H,28,29). The molecule has 1 saturated carbocycles. The number of ether oxygens (including phenoxy) is 1. The number of aromatic nitrogens is 1. The van der Waals surface area contributed by atoms with Crippen LogP contribution in [-0.4, -0.2) is 52.4 Å². The average Bonchev–Trinajstić information content (AvgIpc) is 3.48. The zero-order chi connectivity index (χ0) is 21.7. The van der Waals surface area contributed by atoms with E-state index in [1.165, 1.54) is 10.8 Å². The van der Waals surface area contributed by atoms with Crippen molar-refractivity contribution in [1.82, 2.24) is 9.47 Å². The SMILES string of the molecule is CC(C)N1CCN(c2c(F)cc3c(=O)c(OC(=O)O)cn(C4CC4)c3c2F)CC1C. The molecule has 1 aromatic heterocycles. The fraction of sp³-hybridized carbons (Fsp3) is 0.524. The Bertz CT molecular complexity index is 1060. The number of carbonyl (C=O) groups is 1. The first-order valence-electron chi connectivity index (χ1n) is 10.2. The predicted octanol–water partition coefficient (Wildman–Crippen LogP) is 3.59. The van der Waals surface area contributed by atoms with Crippen LogP contribution >= 0.6 is 0 Å². The number of pyridine rings is 1. The smallest absolute Gasteiger partial charge is 0.449 e. The largest absolute Gasteiger partial charge is 0.511 e. The van der Waals surface area contributed by atoms with Crippen molar-refractivity contribution in [1.29, 1.82) is 0 Å². The van der Waals surface area contributed by atoms with Crippen LogP contribution in [0.5, 0.6) is 5.75 Å². The summed E-state index contributed by atoms with van der Waals surface area (Å²) in [7, 11) is 0. The number of rotatable bonds is 4. The quantitative estimate of drug-likeness (QED) is 0.761. The molecule has 2 aliphatic rings. The minimum Gasteiger partial charge on any atom is -0.449 e. The van der Waals surface area contributed by atoms with Gasteiger partial charge in [-0.1, -0.05) is 0 Å². The van der Waals surface area contributed by atoms with E-state index >= 15 is 8.78 Å². The van der Waals surface area contributed by atoms with Gasteiger partial charge in [0.25, 0.3) is 0 Å². The van der Waals surface area contributed by atoms with Crippen LogP contribution < -0.4 is 15.1 Å². The molecule has 2 aromatic rings. The van der Waals surface area contributed by atoms with Crippen LogP contribution in [0.3, 0.4) is 0 Å². The van der Waals surface area contributed by atoms with E-state index in [1.54, 1.807) is 4.90 Å². The average molecular weight is 421 g/mol. The van der Waals surface area contributed by atoms with Crippen molar-refractivity contribution in [2.75, 3.05) is 24.5 Å². The van der Waals surface area contributed by atoms with Gasteiger partial charge in [0.15, 0.2) is 11.6 Å². The van der Waals surface area contributed by atoms with Crippen molar-refractivity contribution >= 4 is 22.7 Å². The normalized spacial score (nSPS) is 20.2. The highest BCUT2D eigenvalue weighted by atomic mass is 19.1.